The van der Waals surface area contributed by atoms with Crippen LogP contribution < -0.4 is 5.32 Å². The molecule has 1 atom stereocenters. The molecule has 3 rings (SSSR count). The fraction of sp³-hybridized carbons (Fsp3) is 0.381. The van der Waals surface area contributed by atoms with Gasteiger partial charge in [-0.25, -0.2) is 0 Å². The van der Waals surface area contributed by atoms with Crippen LogP contribution in [0.3, 0.4) is 0 Å². The maximum atomic E-state index is 12.3. The number of rotatable bonds is 5. The predicted octanol–water partition coefficient (Wildman–Crippen LogP) is 4.16. The molecule has 1 aliphatic carbocycles. The number of nitrogens with one attached hydrogen (secondary N) is 1. The highest BCUT2D eigenvalue weighted by molar-refractivity contribution is 5.79. The molecule has 2 heteroatoms. The van der Waals surface area contributed by atoms with Gasteiger partial charge < -0.3 is 5.32 Å². The van der Waals surface area contributed by atoms with Crippen LogP contribution in [0.15, 0.2) is 42.5 Å². The van der Waals surface area contributed by atoms with Crippen LogP contribution in [0, 0.1) is 0 Å². The monoisotopic (exact) mass is 307 g/mol. The Bertz CT molecular complexity index is 687. The fourth-order valence-corrected chi connectivity index (χ4v) is 3.32. The van der Waals surface area contributed by atoms with Crippen LogP contribution in [0.1, 0.15) is 54.1 Å². The fourth-order valence-electron chi connectivity index (χ4n) is 3.32. The van der Waals surface area contributed by atoms with E-state index >= 15 is 0 Å². The molecule has 1 N–H and O–H groups in total. The number of fused-ring (bicyclic) bond motifs is 1. The number of hydrogen-bond acceptors (Lipinski definition) is 1. The first-order valence-corrected chi connectivity index (χ1v) is 8.64. The molecule has 2 aromatic rings. The van der Waals surface area contributed by atoms with Crippen molar-refractivity contribution in [1.82, 2.24) is 5.32 Å². The third-order valence-corrected chi connectivity index (χ3v) is 4.80. The Balaban J connectivity index is 1.60. The van der Waals surface area contributed by atoms with Crippen LogP contribution in [-0.2, 0) is 30.5 Å². The summed E-state index contributed by atoms with van der Waals surface area (Å²) in [6.07, 6.45) is 5.10. The Labute approximate surface area is 138 Å². The van der Waals surface area contributed by atoms with Gasteiger partial charge in [0.2, 0.25) is 5.91 Å². The van der Waals surface area contributed by atoms with Crippen LogP contribution in [0.4, 0.5) is 0 Å². The third kappa shape index (κ3) is 3.82. The van der Waals surface area contributed by atoms with E-state index in [-0.39, 0.29) is 11.9 Å². The zero-order valence-electron chi connectivity index (χ0n) is 14.1. The SMILES string of the molecule is CCc1ccc(CC(=O)N[C@H](C)c2ccc3c(c2)CCC3)cc1. The first-order chi connectivity index (χ1) is 11.2. The maximum absolute atomic E-state index is 12.3. The molecule has 2 aromatic carbocycles. The van der Waals surface area contributed by atoms with Gasteiger partial charge in [0, 0.05) is 0 Å². The Hall–Kier alpha value is -2.09. The van der Waals surface area contributed by atoms with Crippen molar-refractivity contribution in [3.8, 4) is 0 Å². The quantitative estimate of drug-likeness (QED) is 0.883. The van der Waals surface area contributed by atoms with Crippen molar-refractivity contribution < 1.29 is 4.79 Å². The number of carbonyl (C=O) groups excluding carboxylic acids is 1. The van der Waals surface area contributed by atoms with E-state index in [1.165, 1.54) is 41.5 Å². The van der Waals surface area contributed by atoms with Gasteiger partial charge in [0.15, 0.2) is 0 Å². The summed E-state index contributed by atoms with van der Waals surface area (Å²) in [6.45, 7) is 4.20. The summed E-state index contributed by atoms with van der Waals surface area (Å²) in [7, 11) is 0. The summed E-state index contributed by atoms with van der Waals surface area (Å²) in [5.74, 6) is 0.0854. The molecule has 2 nitrogen and oxygen atoms in total. The molecule has 120 valence electrons. The minimum absolute atomic E-state index is 0.0586. The molecular weight excluding hydrogens is 282 g/mol. The molecule has 0 unspecified atom stereocenters. The molecule has 0 heterocycles. The van der Waals surface area contributed by atoms with Crippen molar-refractivity contribution >= 4 is 5.91 Å². The van der Waals surface area contributed by atoms with Gasteiger partial charge >= 0.3 is 0 Å². The topological polar surface area (TPSA) is 29.1 Å². The van der Waals surface area contributed by atoms with Crippen molar-refractivity contribution in [1.29, 1.82) is 0 Å². The highest BCUT2D eigenvalue weighted by Crippen LogP contribution is 2.25. The molecule has 0 bridgehead atoms. The molecule has 1 amide bonds. The third-order valence-electron chi connectivity index (χ3n) is 4.80. The second-order valence-electron chi connectivity index (χ2n) is 6.52. The Morgan fingerprint density at radius 1 is 1.04 bits per heavy atom. The van der Waals surface area contributed by atoms with Gasteiger partial charge in [-0.05, 0) is 60.4 Å². The molecule has 0 radical (unpaired) electrons. The van der Waals surface area contributed by atoms with Gasteiger partial charge in [0.1, 0.15) is 0 Å². The molecule has 0 saturated heterocycles. The number of carbonyl (C=O) groups is 1. The van der Waals surface area contributed by atoms with Gasteiger partial charge in [-0.15, -0.1) is 0 Å². The molecule has 1 aliphatic rings. The number of amides is 1. The molecule has 0 saturated carbocycles. The maximum Gasteiger partial charge on any atom is 0.224 e. The molecular formula is C21H25NO. The summed E-state index contributed by atoms with van der Waals surface area (Å²) < 4.78 is 0. The summed E-state index contributed by atoms with van der Waals surface area (Å²) in [5, 5.41) is 3.13. The Morgan fingerprint density at radius 2 is 1.74 bits per heavy atom. The van der Waals surface area contributed by atoms with Crippen LogP contribution in [-0.4, -0.2) is 5.91 Å². The average Bonchev–Trinajstić information content (AvgIpc) is 3.03. The van der Waals surface area contributed by atoms with Gasteiger partial charge in [0.05, 0.1) is 12.5 Å². The lowest BCUT2D eigenvalue weighted by Crippen LogP contribution is -2.28. The van der Waals surface area contributed by atoms with E-state index in [4.69, 9.17) is 0 Å². The minimum atomic E-state index is 0.0586. The smallest absolute Gasteiger partial charge is 0.224 e. The normalized spacial score (nSPS) is 14.3. The van der Waals surface area contributed by atoms with Crippen molar-refractivity contribution in [3.63, 3.8) is 0 Å². The largest absolute Gasteiger partial charge is 0.349 e. The van der Waals surface area contributed by atoms with Crippen LogP contribution in [0.25, 0.3) is 0 Å². The van der Waals surface area contributed by atoms with Gasteiger partial charge in [-0.1, -0.05) is 49.4 Å². The summed E-state index contributed by atoms with van der Waals surface area (Å²) >= 11 is 0. The second kappa shape index (κ2) is 6.99. The molecule has 0 fully saturated rings. The summed E-state index contributed by atoms with van der Waals surface area (Å²) in [6, 6.07) is 15.0. The molecule has 0 aliphatic heterocycles. The standard InChI is InChI=1S/C21H25NO/c1-3-16-7-9-17(10-8-16)13-21(23)22-15(2)19-12-11-18-5-4-6-20(18)14-19/h7-12,14-15H,3-6,13H2,1-2H3,(H,22,23)/t15-/m1/s1. The predicted molar refractivity (Wildman–Crippen MR) is 94.5 cm³/mol. The van der Waals surface area contributed by atoms with E-state index < -0.39 is 0 Å². The summed E-state index contributed by atoms with van der Waals surface area (Å²) in [5.41, 5.74) is 6.52. The Morgan fingerprint density at radius 3 is 2.48 bits per heavy atom. The van der Waals surface area contributed by atoms with E-state index in [0.717, 1.165) is 12.0 Å². The number of benzene rings is 2. The van der Waals surface area contributed by atoms with E-state index in [0.29, 0.717) is 6.42 Å². The van der Waals surface area contributed by atoms with Crippen molar-refractivity contribution in [2.24, 2.45) is 0 Å². The highest BCUT2D eigenvalue weighted by Gasteiger charge is 2.15. The van der Waals surface area contributed by atoms with Crippen molar-refractivity contribution in [2.45, 2.75) is 52.0 Å². The zero-order chi connectivity index (χ0) is 16.2. The van der Waals surface area contributed by atoms with Crippen LogP contribution >= 0.6 is 0 Å². The molecule has 0 spiro atoms. The Kier molecular flexibility index (Phi) is 4.80. The van der Waals surface area contributed by atoms with E-state index in [1.54, 1.807) is 0 Å². The zero-order valence-corrected chi connectivity index (χ0v) is 14.1. The number of aryl methyl sites for hydroxylation is 3. The van der Waals surface area contributed by atoms with Gasteiger partial charge in [-0.2, -0.15) is 0 Å². The van der Waals surface area contributed by atoms with Gasteiger partial charge in [-0.3, -0.25) is 4.79 Å². The second-order valence-corrected chi connectivity index (χ2v) is 6.52. The lowest BCUT2D eigenvalue weighted by atomic mass is 10.0. The first kappa shape index (κ1) is 15.8. The van der Waals surface area contributed by atoms with E-state index in [1.807, 2.05) is 0 Å². The number of hydrogen-bond donors (Lipinski definition) is 1. The van der Waals surface area contributed by atoms with Gasteiger partial charge in [0.25, 0.3) is 0 Å². The van der Waals surface area contributed by atoms with Crippen molar-refractivity contribution in [3.05, 3.63) is 70.3 Å². The summed E-state index contributed by atoms with van der Waals surface area (Å²) in [4.78, 5) is 12.3. The molecule has 0 aromatic heterocycles. The average molecular weight is 307 g/mol. The van der Waals surface area contributed by atoms with Crippen LogP contribution in [0.2, 0.25) is 0 Å². The lowest BCUT2D eigenvalue weighted by molar-refractivity contribution is -0.121. The highest BCUT2D eigenvalue weighted by atomic mass is 16.1. The van der Waals surface area contributed by atoms with E-state index in [9.17, 15) is 4.79 Å². The van der Waals surface area contributed by atoms with Crippen molar-refractivity contribution in [2.75, 3.05) is 0 Å². The van der Waals surface area contributed by atoms with E-state index in [2.05, 4.69) is 61.6 Å². The molecule has 23 heavy (non-hydrogen) atoms. The lowest BCUT2D eigenvalue weighted by Gasteiger charge is -2.16. The van der Waals surface area contributed by atoms with Crippen LogP contribution in [0.5, 0.6) is 0 Å². The first-order valence-electron chi connectivity index (χ1n) is 8.64. The minimum Gasteiger partial charge on any atom is -0.349 e.